The molecule has 1 aromatic carbocycles. The first kappa shape index (κ1) is 17.4. The standard InChI is InChI=1S/C15H23N3O2S/c1-10(2)16-15(21)18-17-11(3)12-6-7-14(20-5)13(8-12)9-19-4/h6-8,10H,9H2,1-5H3,(H2,16,18,21)/b17-11-. The smallest absolute Gasteiger partial charge is 0.187 e. The Morgan fingerprint density at radius 2 is 2.05 bits per heavy atom. The van der Waals surface area contributed by atoms with Crippen molar-refractivity contribution in [2.45, 2.75) is 33.4 Å². The summed E-state index contributed by atoms with van der Waals surface area (Å²) in [5.74, 6) is 0.804. The molecule has 0 spiro atoms. The van der Waals surface area contributed by atoms with Crippen molar-refractivity contribution in [2.24, 2.45) is 5.10 Å². The molecule has 1 aromatic rings. The molecule has 0 heterocycles. The summed E-state index contributed by atoms with van der Waals surface area (Å²) < 4.78 is 10.5. The van der Waals surface area contributed by atoms with Gasteiger partial charge in [-0.15, -0.1) is 0 Å². The molecule has 0 saturated carbocycles. The SMILES string of the molecule is COCc1cc(/C(C)=N\NC(=S)NC(C)C)ccc1OC. The number of nitrogens with zero attached hydrogens (tertiary/aromatic N) is 1. The maximum Gasteiger partial charge on any atom is 0.187 e. The average molecular weight is 309 g/mol. The van der Waals surface area contributed by atoms with Crippen LogP contribution in [-0.4, -0.2) is 31.1 Å². The summed E-state index contributed by atoms with van der Waals surface area (Å²) in [6.07, 6.45) is 0. The molecule has 0 bridgehead atoms. The van der Waals surface area contributed by atoms with E-state index in [0.29, 0.717) is 11.7 Å². The van der Waals surface area contributed by atoms with Gasteiger partial charge in [-0.1, -0.05) is 0 Å². The highest BCUT2D eigenvalue weighted by Gasteiger charge is 2.06. The number of hydrogen-bond donors (Lipinski definition) is 2. The highest BCUT2D eigenvalue weighted by Crippen LogP contribution is 2.21. The van der Waals surface area contributed by atoms with Crippen molar-refractivity contribution in [3.05, 3.63) is 29.3 Å². The van der Waals surface area contributed by atoms with E-state index < -0.39 is 0 Å². The van der Waals surface area contributed by atoms with Crippen molar-refractivity contribution >= 4 is 23.0 Å². The fourth-order valence-electron chi connectivity index (χ4n) is 1.77. The Morgan fingerprint density at radius 3 is 2.62 bits per heavy atom. The number of ether oxygens (including phenoxy) is 2. The minimum atomic E-state index is 0.273. The monoisotopic (exact) mass is 309 g/mol. The molecular formula is C15H23N3O2S. The first-order chi connectivity index (χ1) is 9.97. The van der Waals surface area contributed by atoms with Crippen molar-refractivity contribution in [2.75, 3.05) is 14.2 Å². The molecule has 21 heavy (non-hydrogen) atoms. The van der Waals surface area contributed by atoms with Crippen molar-refractivity contribution in [3.8, 4) is 5.75 Å². The number of hydrazone groups is 1. The van der Waals surface area contributed by atoms with Gasteiger partial charge in [-0.3, -0.25) is 5.43 Å². The molecule has 0 fully saturated rings. The molecule has 0 aliphatic carbocycles. The minimum Gasteiger partial charge on any atom is -0.496 e. The van der Waals surface area contributed by atoms with Crippen molar-refractivity contribution in [1.82, 2.24) is 10.7 Å². The normalized spacial score (nSPS) is 11.4. The van der Waals surface area contributed by atoms with Crippen LogP contribution in [-0.2, 0) is 11.3 Å². The van der Waals surface area contributed by atoms with Crippen LogP contribution in [0.2, 0.25) is 0 Å². The summed E-state index contributed by atoms with van der Waals surface area (Å²) in [6.45, 7) is 6.45. The van der Waals surface area contributed by atoms with Crippen LogP contribution in [0, 0.1) is 0 Å². The van der Waals surface area contributed by atoms with E-state index in [-0.39, 0.29) is 6.04 Å². The van der Waals surface area contributed by atoms with E-state index in [1.165, 1.54) is 0 Å². The van der Waals surface area contributed by atoms with Gasteiger partial charge in [0.05, 0.1) is 19.4 Å². The van der Waals surface area contributed by atoms with Crippen LogP contribution in [0.3, 0.4) is 0 Å². The van der Waals surface area contributed by atoms with Gasteiger partial charge in [0.15, 0.2) is 5.11 Å². The molecule has 5 nitrogen and oxygen atoms in total. The zero-order valence-electron chi connectivity index (χ0n) is 13.2. The average Bonchev–Trinajstić information content (AvgIpc) is 2.44. The van der Waals surface area contributed by atoms with Crippen LogP contribution in [0.4, 0.5) is 0 Å². The zero-order chi connectivity index (χ0) is 15.8. The zero-order valence-corrected chi connectivity index (χ0v) is 14.0. The number of rotatable bonds is 6. The third-order valence-corrected chi connectivity index (χ3v) is 2.95. The lowest BCUT2D eigenvalue weighted by Crippen LogP contribution is -2.37. The summed E-state index contributed by atoms with van der Waals surface area (Å²) in [4.78, 5) is 0. The summed E-state index contributed by atoms with van der Waals surface area (Å²) in [6, 6.07) is 6.14. The molecular weight excluding hydrogens is 286 g/mol. The fourth-order valence-corrected chi connectivity index (χ4v) is 2.05. The Balaban J connectivity index is 2.84. The van der Waals surface area contributed by atoms with Crippen LogP contribution in [0.5, 0.6) is 5.75 Å². The fraction of sp³-hybridized carbons (Fsp3) is 0.467. The molecule has 0 unspecified atom stereocenters. The van der Waals surface area contributed by atoms with E-state index in [0.717, 1.165) is 22.6 Å². The van der Waals surface area contributed by atoms with E-state index >= 15 is 0 Å². The Morgan fingerprint density at radius 1 is 1.33 bits per heavy atom. The third-order valence-electron chi connectivity index (χ3n) is 2.74. The second-order valence-electron chi connectivity index (χ2n) is 4.90. The first-order valence-corrected chi connectivity index (χ1v) is 7.15. The molecule has 0 saturated heterocycles. The summed E-state index contributed by atoms with van der Waals surface area (Å²) in [7, 11) is 3.30. The van der Waals surface area contributed by atoms with Gasteiger partial charge in [0.1, 0.15) is 5.75 Å². The van der Waals surface area contributed by atoms with Gasteiger partial charge < -0.3 is 14.8 Å². The molecule has 0 aliphatic rings. The summed E-state index contributed by atoms with van der Waals surface area (Å²) in [5, 5.41) is 7.87. The molecule has 0 aliphatic heterocycles. The predicted octanol–water partition coefficient (Wildman–Crippen LogP) is 2.44. The molecule has 0 aromatic heterocycles. The molecule has 0 atom stereocenters. The lowest BCUT2D eigenvalue weighted by Gasteiger charge is -2.12. The molecule has 1 rings (SSSR count). The van der Waals surface area contributed by atoms with E-state index in [2.05, 4.69) is 15.8 Å². The van der Waals surface area contributed by atoms with Crippen molar-refractivity contribution in [3.63, 3.8) is 0 Å². The van der Waals surface area contributed by atoms with Gasteiger partial charge in [-0.2, -0.15) is 5.10 Å². The maximum atomic E-state index is 5.31. The molecule has 116 valence electrons. The van der Waals surface area contributed by atoms with Crippen LogP contribution in [0.25, 0.3) is 0 Å². The number of benzene rings is 1. The van der Waals surface area contributed by atoms with Crippen LogP contribution in [0.1, 0.15) is 31.9 Å². The van der Waals surface area contributed by atoms with Gasteiger partial charge in [0.25, 0.3) is 0 Å². The number of thiocarbonyl (C=S) groups is 1. The van der Waals surface area contributed by atoms with Crippen LogP contribution >= 0.6 is 12.2 Å². The molecule has 6 heteroatoms. The maximum absolute atomic E-state index is 5.31. The first-order valence-electron chi connectivity index (χ1n) is 6.75. The number of nitrogens with one attached hydrogen (secondary N) is 2. The van der Waals surface area contributed by atoms with E-state index in [4.69, 9.17) is 21.7 Å². The number of methoxy groups -OCH3 is 2. The van der Waals surface area contributed by atoms with Gasteiger partial charge in [-0.25, -0.2) is 0 Å². The van der Waals surface area contributed by atoms with Gasteiger partial charge in [0, 0.05) is 18.7 Å². The quantitative estimate of drug-likeness (QED) is 0.480. The Hall–Kier alpha value is -1.66. The molecule has 0 amide bonds. The lowest BCUT2D eigenvalue weighted by atomic mass is 10.1. The topological polar surface area (TPSA) is 54.9 Å². The van der Waals surface area contributed by atoms with Crippen molar-refractivity contribution in [1.29, 1.82) is 0 Å². The largest absolute Gasteiger partial charge is 0.496 e. The minimum absolute atomic E-state index is 0.273. The highest BCUT2D eigenvalue weighted by molar-refractivity contribution is 7.80. The molecule has 0 radical (unpaired) electrons. The Kier molecular flexibility index (Phi) is 7.11. The summed E-state index contributed by atoms with van der Waals surface area (Å²) >= 11 is 5.14. The van der Waals surface area contributed by atoms with Crippen molar-refractivity contribution < 1.29 is 9.47 Å². The second kappa shape index (κ2) is 8.59. The van der Waals surface area contributed by atoms with Crippen LogP contribution < -0.4 is 15.5 Å². The van der Waals surface area contributed by atoms with E-state index in [1.54, 1.807) is 14.2 Å². The van der Waals surface area contributed by atoms with Gasteiger partial charge in [0.2, 0.25) is 0 Å². The van der Waals surface area contributed by atoms with E-state index in [9.17, 15) is 0 Å². The van der Waals surface area contributed by atoms with Gasteiger partial charge >= 0.3 is 0 Å². The highest BCUT2D eigenvalue weighted by atomic mass is 32.1. The Bertz CT molecular complexity index is 516. The third kappa shape index (κ3) is 5.69. The second-order valence-corrected chi connectivity index (χ2v) is 5.31. The van der Waals surface area contributed by atoms with Gasteiger partial charge in [-0.05, 0) is 56.8 Å². The summed E-state index contributed by atoms with van der Waals surface area (Å²) in [5.41, 5.74) is 5.64. The lowest BCUT2D eigenvalue weighted by molar-refractivity contribution is 0.181. The number of hydrogen-bond acceptors (Lipinski definition) is 4. The molecule has 2 N–H and O–H groups in total. The Labute approximate surface area is 131 Å². The van der Waals surface area contributed by atoms with Crippen LogP contribution in [0.15, 0.2) is 23.3 Å². The predicted molar refractivity (Wildman–Crippen MR) is 89.9 cm³/mol. The van der Waals surface area contributed by atoms with E-state index in [1.807, 2.05) is 39.0 Å².